The number of aliphatic imine (C=N–C) groups is 1. The van der Waals surface area contributed by atoms with E-state index in [1.807, 2.05) is 60.4 Å². The summed E-state index contributed by atoms with van der Waals surface area (Å²) in [5.41, 5.74) is 5.81. The molecule has 54 heavy (non-hydrogen) atoms. The average Bonchev–Trinajstić information content (AvgIpc) is 3.54. The lowest BCUT2D eigenvalue weighted by atomic mass is 9.76. The van der Waals surface area contributed by atoms with Crippen molar-refractivity contribution in [2.24, 2.45) is 10.4 Å². The molecule has 0 aliphatic carbocycles. The summed E-state index contributed by atoms with van der Waals surface area (Å²) in [7, 11) is 0. The second kappa shape index (κ2) is 18.2. The van der Waals surface area contributed by atoms with Gasteiger partial charge in [0.2, 0.25) is 0 Å². The minimum absolute atomic E-state index is 0.0817. The molecule has 3 heterocycles. The summed E-state index contributed by atoms with van der Waals surface area (Å²) in [6, 6.07) is 14.8. The Balaban J connectivity index is 1.44. The predicted molar refractivity (Wildman–Crippen MR) is 220 cm³/mol. The van der Waals surface area contributed by atoms with E-state index in [-0.39, 0.29) is 17.8 Å². The molecule has 2 atom stereocenters. The van der Waals surface area contributed by atoms with Crippen LogP contribution in [0.3, 0.4) is 0 Å². The van der Waals surface area contributed by atoms with Gasteiger partial charge < -0.3 is 28.3 Å². The van der Waals surface area contributed by atoms with E-state index in [4.69, 9.17) is 9.83 Å². The van der Waals surface area contributed by atoms with Crippen molar-refractivity contribution in [2.75, 3.05) is 41.2 Å². The number of hydroxylamine groups is 1. The highest BCUT2D eigenvalue weighted by molar-refractivity contribution is 7.94. The number of carbonyl (C=O) groups is 2. The monoisotopic (exact) mass is 792 g/mol. The molecule has 2 aromatic rings. The number of carbonyl (C=O) groups excluding carboxylic acids is 2. The summed E-state index contributed by atoms with van der Waals surface area (Å²) in [6.45, 7) is 11.2. The molecule has 0 bridgehead atoms. The SMILES string of the molecule is CC1=C2C(N=C(/C=C/C=C/C=C3/N(CCCSO)c4ccc(SO)cc4C3(C)C)C2(C)C)N(CCCS(=O)O)C=C1C(=O)N(OCC=O)c1ccccc1. The first-order valence-electron chi connectivity index (χ1n) is 17.7. The van der Waals surface area contributed by atoms with E-state index in [2.05, 4.69) is 38.7 Å². The summed E-state index contributed by atoms with van der Waals surface area (Å²) in [5.74, 6) is 0.268. The van der Waals surface area contributed by atoms with E-state index in [0.717, 1.165) is 80.8 Å². The van der Waals surface area contributed by atoms with Gasteiger partial charge in [-0.15, -0.1) is 0 Å². The van der Waals surface area contributed by atoms with Gasteiger partial charge in [-0.3, -0.25) is 14.6 Å². The molecule has 11 nitrogen and oxygen atoms in total. The normalized spacial score (nSPS) is 20.1. The van der Waals surface area contributed by atoms with Gasteiger partial charge in [0.25, 0.3) is 5.91 Å². The van der Waals surface area contributed by atoms with Gasteiger partial charge in [-0.1, -0.05) is 64.1 Å². The van der Waals surface area contributed by atoms with Crippen LogP contribution in [0.4, 0.5) is 11.4 Å². The maximum Gasteiger partial charge on any atom is 0.283 e. The van der Waals surface area contributed by atoms with Crippen LogP contribution in [0.1, 0.15) is 53.0 Å². The Morgan fingerprint density at radius 1 is 1.04 bits per heavy atom. The van der Waals surface area contributed by atoms with Crippen molar-refractivity contribution in [3.8, 4) is 0 Å². The number of rotatable bonds is 17. The molecule has 0 fully saturated rings. The third-order valence-electron chi connectivity index (χ3n) is 9.98. The van der Waals surface area contributed by atoms with Gasteiger partial charge in [0.05, 0.1) is 17.0 Å². The molecule has 5 rings (SSSR count). The first-order valence-corrected chi connectivity index (χ1v) is 20.7. The molecular weight excluding hydrogens is 745 g/mol. The van der Waals surface area contributed by atoms with E-state index in [1.165, 1.54) is 0 Å². The van der Waals surface area contributed by atoms with E-state index < -0.39 is 28.6 Å². The molecule has 0 saturated carbocycles. The molecule has 14 heteroatoms. The number of para-hydroxylation sites is 1. The van der Waals surface area contributed by atoms with Gasteiger partial charge in [-0.2, -0.15) is 5.06 Å². The molecular formula is C40H48N4O7S3. The number of anilines is 2. The van der Waals surface area contributed by atoms with Gasteiger partial charge in [-0.25, -0.2) is 4.21 Å². The van der Waals surface area contributed by atoms with Crippen molar-refractivity contribution in [1.29, 1.82) is 0 Å². The fraction of sp³-hybridized carbons (Fsp3) is 0.375. The van der Waals surface area contributed by atoms with Crippen molar-refractivity contribution in [1.82, 2.24) is 4.90 Å². The lowest BCUT2D eigenvalue weighted by Crippen LogP contribution is -2.41. The third kappa shape index (κ3) is 8.86. The smallest absolute Gasteiger partial charge is 0.283 e. The highest BCUT2D eigenvalue weighted by atomic mass is 32.2. The first-order chi connectivity index (χ1) is 25.9. The molecule has 1 amide bonds. The van der Waals surface area contributed by atoms with Crippen LogP contribution in [-0.2, 0) is 30.9 Å². The molecule has 2 unspecified atom stereocenters. The lowest BCUT2D eigenvalue weighted by Gasteiger charge is -2.37. The van der Waals surface area contributed by atoms with Crippen molar-refractivity contribution >= 4 is 64.4 Å². The molecule has 3 aliphatic rings. The zero-order valence-electron chi connectivity index (χ0n) is 31.2. The number of aldehydes is 1. The fourth-order valence-corrected chi connectivity index (χ4v) is 8.28. The summed E-state index contributed by atoms with van der Waals surface area (Å²) < 4.78 is 40.1. The molecule has 0 aromatic heterocycles. The number of fused-ring (bicyclic) bond motifs is 2. The van der Waals surface area contributed by atoms with E-state index in [1.54, 1.807) is 30.5 Å². The van der Waals surface area contributed by atoms with Gasteiger partial charge >= 0.3 is 0 Å². The summed E-state index contributed by atoms with van der Waals surface area (Å²) in [6.07, 6.45) is 13.1. The van der Waals surface area contributed by atoms with Gasteiger partial charge in [0.1, 0.15) is 19.1 Å². The topological polar surface area (TPSA) is 143 Å². The molecule has 0 radical (unpaired) electrons. The molecule has 288 valence electrons. The van der Waals surface area contributed by atoms with Gasteiger partial charge in [0.15, 0.2) is 11.1 Å². The number of allylic oxidation sites excluding steroid dienone is 6. The number of hydrogen-bond acceptors (Lipinski definition) is 11. The van der Waals surface area contributed by atoms with Gasteiger partial charge in [0, 0.05) is 69.9 Å². The quantitative estimate of drug-likeness (QED) is 0.0358. The Hall–Kier alpha value is -3.76. The maximum absolute atomic E-state index is 14.2. The Kier molecular flexibility index (Phi) is 14.0. The summed E-state index contributed by atoms with van der Waals surface area (Å²) >= 11 is -0.384. The maximum atomic E-state index is 14.2. The highest BCUT2D eigenvalue weighted by Crippen LogP contribution is 2.49. The largest absolute Gasteiger partial charge is 0.352 e. The Labute approximate surface area is 328 Å². The van der Waals surface area contributed by atoms with Crippen LogP contribution in [0.5, 0.6) is 0 Å². The summed E-state index contributed by atoms with van der Waals surface area (Å²) in [4.78, 5) is 41.3. The van der Waals surface area contributed by atoms with Crippen molar-refractivity contribution in [3.05, 3.63) is 113 Å². The minimum Gasteiger partial charge on any atom is -0.352 e. The van der Waals surface area contributed by atoms with Gasteiger partial charge in [-0.05, 0) is 91.0 Å². The number of amides is 1. The Morgan fingerprint density at radius 3 is 2.48 bits per heavy atom. The molecule has 3 N–H and O–H groups in total. The molecule has 3 aliphatic heterocycles. The minimum atomic E-state index is -1.96. The highest BCUT2D eigenvalue weighted by Gasteiger charge is 2.46. The number of hydrogen-bond donors (Lipinski definition) is 3. The Bertz CT molecular complexity index is 1920. The standard InChI is InChI=1S/C40H48N4O7S3/c1-28-31(38(46)44(51-23-22-45)29-14-8-6-9-15-29)27-42(20-13-25-54(49)50)37-36(28)40(4,5)34(41-37)16-10-7-11-17-35-39(2,3)32-26-30(53-48)18-19-33(32)43(35)21-12-24-52-47/h6-11,14-19,22,26-27,37,47-48H,12-13,20-21,23-25H2,1-5H3,(H,49,50)/b11-7+,16-10+,35-17+. The molecule has 0 spiro atoms. The predicted octanol–water partition coefficient (Wildman–Crippen LogP) is 8.04. The number of benzene rings is 2. The van der Waals surface area contributed by atoms with E-state index in [9.17, 15) is 27.5 Å². The van der Waals surface area contributed by atoms with Crippen LogP contribution in [0.25, 0.3) is 0 Å². The van der Waals surface area contributed by atoms with Crippen molar-refractivity contribution in [2.45, 2.75) is 63.9 Å². The zero-order valence-corrected chi connectivity index (χ0v) is 33.6. The lowest BCUT2D eigenvalue weighted by molar-refractivity contribution is -0.124. The van der Waals surface area contributed by atoms with Crippen LogP contribution in [0.15, 0.2) is 117 Å². The second-order valence-corrected chi connectivity index (χ2v) is 16.5. The molecule has 0 saturated heterocycles. The summed E-state index contributed by atoms with van der Waals surface area (Å²) in [5, 5.41) is 1.13. The number of nitrogens with zero attached hydrogens (tertiary/aromatic N) is 4. The second-order valence-electron chi connectivity index (χ2n) is 14.1. The van der Waals surface area contributed by atoms with E-state index in [0.29, 0.717) is 36.3 Å². The zero-order chi connectivity index (χ0) is 39.0. The van der Waals surface area contributed by atoms with Crippen LogP contribution in [0.2, 0.25) is 0 Å². The van der Waals surface area contributed by atoms with Crippen molar-refractivity contribution in [3.63, 3.8) is 0 Å². The van der Waals surface area contributed by atoms with Crippen LogP contribution < -0.4 is 9.96 Å². The third-order valence-corrected chi connectivity index (χ3v) is 11.6. The van der Waals surface area contributed by atoms with Crippen LogP contribution in [-0.4, -0.2) is 78.0 Å². The first kappa shape index (κ1) is 41.4. The van der Waals surface area contributed by atoms with Crippen molar-refractivity contribution < 1.29 is 32.3 Å². The molecule has 2 aromatic carbocycles. The Morgan fingerprint density at radius 2 is 1.80 bits per heavy atom. The fourth-order valence-electron chi connectivity index (χ4n) is 7.35. The average molecular weight is 793 g/mol. The van der Waals surface area contributed by atoms with E-state index >= 15 is 0 Å². The van der Waals surface area contributed by atoms with Crippen LogP contribution in [0, 0.1) is 5.41 Å². The van der Waals surface area contributed by atoms with Crippen LogP contribution >= 0.6 is 24.1 Å².